The first-order chi connectivity index (χ1) is 13.5. The van der Waals surface area contributed by atoms with Crippen molar-refractivity contribution in [1.29, 1.82) is 0 Å². The van der Waals surface area contributed by atoms with Crippen LogP contribution in [-0.4, -0.2) is 60.4 Å². The summed E-state index contributed by atoms with van der Waals surface area (Å²) in [5.41, 5.74) is 0.188. The molecule has 1 aromatic carbocycles. The number of amides is 2. The zero-order valence-electron chi connectivity index (χ0n) is 16.7. The molecule has 152 valence electrons. The van der Waals surface area contributed by atoms with E-state index in [-0.39, 0.29) is 17.6 Å². The van der Waals surface area contributed by atoms with E-state index in [4.69, 9.17) is 0 Å². The molecule has 1 aliphatic carbocycles. The fraction of sp³-hybridized carbons (Fsp3) is 0.636. The summed E-state index contributed by atoms with van der Waals surface area (Å²) in [7, 11) is 0. The first kappa shape index (κ1) is 19.2. The van der Waals surface area contributed by atoms with Crippen molar-refractivity contribution in [2.75, 3.05) is 37.6 Å². The van der Waals surface area contributed by atoms with Gasteiger partial charge in [0.2, 0.25) is 11.8 Å². The minimum absolute atomic E-state index is 0.0247. The number of hydrogen-bond acceptors (Lipinski definition) is 3. The Bertz CT molecular complexity index is 724. The van der Waals surface area contributed by atoms with E-state index in [0.29, 0.717) is 45.1 Å². The van der Waals surface area contributed by atoms with Gasteiger partial charge in [0.15, 0.2) is 0 Å². The van der Waals surface area contributed by atoms with Crippen molar-refractivity contribution in [2.45, 2.75) is 51.5 Å². The lowest BCUT2D eigenvalue weighted by Crippen LogP contribution is -2.55. The van der Waals surface area contributed by atoms with Crippen LogP contribution in [0.5, 0.6) is 0 Å². The molecular weight excluding hydrogens is 357 g/mol. The molecule has 2 aliphatic heterocycles. The van der Waals surface area contributed by atoms with E-state index in [9.17, 15) is 14.0 Å². The summed E-state index contributed by atoms with van der Waals surface area (Å²) >= 11 is 0. The normalized spacial score (nSPS) is 24.2. The van der Waals surface area contributed by atoms with Crippen LogP contribution >= 0.6 is 0 Å². The van der Waals surface area contributed by atoms with Gasteiger partial charge in [0.1, 0.15) is 11.2 Å². The second-order valence-corrected chi connectivity index (χ2v) is 8.39. The fourth-order valence-electron chi connectivity index (χ4n) is 4.73. The third-order valence-electron chi connectivity index (χ3n) is 6.69. The Morgan fingerprint density at radius 3 is 2.29 bits per heavy atom. The van der Waals surface area contributed by atoms with Crippen LogP contribution in [0.1, 0.15) is 45.4 Å². The summed E-state index contributed by atoms with van der Waals surface area (Å²) in [6, 6.07) is 6.78. The first-order valence-electron chi connectivity index (χ1n) is 10.7. The molecule has 1 aromatic rings. The van der Waals surface area contributed by atoms with Crippen molar-refractivity contribution in [2.24, 2.45) is 5.41 Å². The second kappa shape index (κ2) is 7.72. The molecule has 6 heteroatoms. The SMILES string of the molecule is CCC1CCCCN1C(=O)C1(C(=O)N2CCN(c3ccc(F)cc3)CC2)CC1. The number of likely N-dealkylation sites (tertiary alicyclic amines) is 1. The smallest absolute Gasteiger partial charge is 0.238 e. The molecule has 1 atom stereocenters. The Hall–Kier alpha value is -2.11. The number of rotatable bonds is 4. The molecule has 0 bridgehead atoms. The highest BCUT2D eigenvalue weighted by Crippen LogP contribution is 2.50. The van der Waals surface area contributed by atoms with Gasteiger partial charge in [0.25, 0.3) is 0 Å². The number of benzene rings is 1. The molecule has 3 fully saturated rings. The lowest BCUT2D eigenvalue weighted by atomic mass is 9.95. The molecule has 28 heavy (non-hydrogen) atoms. The number of nitrogens with zero attached hydrogens (tertiary/aromatic N) is 3. The van der Waals surface area contributed by atoms with Crippen molar-refractivity contribution >= 4 is 17.5 Å². The highest BCUT2D eigenvalue weighted by atomic mass is 19.1. The van der Waals surface area contributed by atoms with Crippen molar-refractivity contribution in [1.82, 2.24) is 9.80 Å². The van der Waals surface area contributed by atoms with Crippen LogP contribution in [0, 0.1) is 11.2 Å². The molecule has 2 heterocycles. The van der Waals surface area contributed by atoms with Gasteiger partial charge in [-0.05, 0) is 62.8 Å². The van der Waals surface area contributed by atoms with Crippen LogP contribution in [0.3, 0.4) is 0 Å². The zero-order valence-corrected chi connectivity index (χ0v) is 16.7. The van der Waals surface area contributed by atoms with Gasteiger partial charge in [-0.2, -0.15) is 0 Å². The average molecular weight is 387 g/mol. The Labute approximate surface area is 166 Å². The Balaban J connectivity index is 1.39. The maximum Gasteiger partial charge on any atom is 0.238 e. The van der Waals surface area contributed by atoms with E-state index in [0.717, 1.165) is 31.5 Å². The van der Waals surface area contributed by atoms with E-state index in [1.165, 1.54) is 18.6 Å². The monoisotopic (exact) mass is 387 g/mol. The van der Waals surface area contributed by atoms with Crippen LogP contribution < -0.4 is 4.90 Å². The minimum Gasteiger partial charge on any atom is -0.368 e. The number of carbonyl (C=O) groups is 2. The summed E-state index contributed by atoms with van der Waals surface area (Å²) in [5.74, 6) is -0.142. The number of piperidine rings is 1. The summed E-state index contributed by atoms with van der Waals surface area (Å²) in [6.45, 7) is 5.58. The van der Waals surface area contributed by atoms with Gasteiger partial charge in [-0.1, -0.05) is 6.92 Å². The Morgan fingerprint density at radius 1 is 1.00 bits per heavy atom. The van der Waals surface area contributed by atoms with Gasteiger partial charge in [-0.15, -0.1) is 0 Å². The van der Waals surface area contributed by atoms with E-state index in [1.54, 1.807) is 12.1 Å². The summed E-state index contributed by atoms with van der Waals surface area (Å²) < 4.78 is 13.1. The maximum atomic E-state index is 13.3. The average Bonchev–Trinajstić information content (AvgIpc) is 3.55. The van der Waals surface area contributed by atoms with Crippen LogP contribution in [0.15, 0.2) is 24.3 Å². The first-order valence-corrected chi connectivity index (χ1v) is 10.7. The van der Waals surface area contributed by atoms with Crippen LogP contribution in [0.2, 0.25) is 0 Å². The highest BCUT2D eigenvalue weighted by molar-refractivity contribution is 6.08. The predicted molar refractivity (Wildman–Crippen MR) is 107 cm³/mol. The lowest BCUT2D eigenvalue weighted by molar-refractivity contribution is -0.152. The predicted octanol–water partition coefficient (Wildman–Crippen LogP) is 3.05. The molecule has 1 unspecified atom stereocenters. The van der Waals surface area contributed by atoms with Gasteiger partial charge in [0, 0.05) is 44.5 Å². The van der Waals surface area contributed by atoms with E-state index in [2.05, 4.69) is 11.8 Å². The molecule has 0 N–H and O–H groups in total. The van der Waals surface area contributed by atoms with E-state index < -0.39 is 5.41 Å². The Kier molecular flexibility index (Phi) is 5.30. The van der Waals surface area contributed by atoms with Gasteiger partial charge in [-0.25, -0.2) is 4.39 Å². The van der Waals surface area contributed by atoms with Gasteiger partial charge >= 0.3 is 0 Å². The van der Waals surface area contributed by atoms with Crippen LogP contribution in [0.4, 0.5) is 10.1 Å². The van der Waals surface area contributed by atoms with Gasteiger partial charge < -0.3 is 14.7 Å². The standard InChI is InChI=1S/C22H30FN3O2/c1-2-18-5-3-4-12-26(18)21(28)22(10-11-22)20(27)25-15-13-24(14-16-25)19-8-6-17(23)7-9-19/h6-9,18H,2-5,10-16H2,1H3. The van der Waals surface area contributed by atoms with E-state index in [1.807, 2.05) is 9.80 Å². The highest BCUT2D eigenvalue weighted by Gasteiger charge is 2.60. The molecule has 0 spiro atoms. The summed E-state index contributed by atoms with van der Waals surface area (Å²) in [4.78, 5) is 32.6. The van der Waals surface area contributed by atoms with Crippen molar-refractivity contribution in [3.63, 3.8) is 0 Å². The van der Waals surface area contributed by atoms with Crippen molar-refractivity contribution in [3.05, 3.63) is 30.1 Å². The Morgan fingerprint density at radius 2 is 1.68 bits per heavy atom. The molecule has 5 nitrogen and oxygen atoms in total. The molecule has 2 amide bonds. The molecule has 2 saturated heterocycles. The van der Waals surface area contributed by atoms with Crippen LogP contribution in [-0.2, 0) is 9.59 Å². The number of anilines is 1. The zero-order chi connectivity index (χ0) is 19.7. The summed E-state index contributed by atoms with van der Waals surface area (Å²) in [5, 5.41) is 0. The second-order valence-electron chi connectivity index (χ2n) is 8.39. The topological polar surface area (TPSA) is 43.9 Å². The number of piperazine rings is 1. The molecular formula is C22H30FN3O2. The third kappa shape index (κ3) is 3.49. The minimum atomic E-state index is -0.789. The largest absolute Gasteiger partial charge is 0.368 e. The van der Waals surface area contributed by atoms with Crippen LogP contribution in [0.25, 0.3) is 0 Å². The third-order valence-corrected chi connectivity index (χ3v) is 6.69. The van der Waals surface area contributed by atoms with Crippen molar-refractivity contribution in [3.8, 4) is 0 Å². The maximum absolute atomic E-state index is 13.3. The molecule has 0 aromatic heterocycles. The number of halogens is 1. The fourth-order valence-corrected chi connectivity index (χ4v) is 4.73. The molecule has 4 rings (SSSR count). The molecule has 3 aliphatic rings. The van der Waals surface area contributed by atoms with E-state index >= 15 is 0 Å². The quantitative estimate of drug-likeness (QED) is 0.746. The lowest BCUT2D eigenvalue weighted by Gasteiger charge is -2.40. The molecule has 1 saturated carbocycles. The summed E-state index contributed by atoms with van der Waals surface area (Å²) in [6.07, 6.45) is 5.62. The molecule has 0 radical (unpaired) electrons. The number of hydrogen-bond donors (Lipinski definition) is 0. The van der Waals surface area contributed by atoms with Crippen molar-refractivity contribution < 1.29 is 14.0 Å². The van der Waals surface area contributed by atoms with Gasteiger partial charge in [-0.3, -0.25) is 9.59 Å². The van der Waals surface area contributed by atoms with Gasteiger partial charge in [0.05, 0.1) is 0 Å². The number of carbonyl (C=O) groups excluding carboxylic acids is 2.